The van der Waals surface area contributed by atoms with Crippen LogP contribution in [0.4, 0.5) is 4.79 Å². The Kier molecular flexibility index (Phi) is 7.49. The molecule has 0 bridgehead atoms. The van der Waals surface area contributed by atoms with Gasteiger partial charge in [-0.15, -0.1) is 0 Å². The van der Waals surface area contributed by atoms with Crippen LogP contribution >= 0.6 is 0 Å². The van der Waals surface area contributed by atoms with Crippen LogP contribution in [-0.4, -0.2) is 54.5 Å². The molecule has 5 heteroatoms. The third kappa shape index (κ3) is 5.48. The molecule has 1 N–H and O–H groups in total. The smallest absolute Gasteiger partial charge is 0.317 e. The largest absolute Gasteiger partial charge is 0.342 e. The van der Waals surface area contributed by atoms with E-state index in [9.17, 15) is 9.59 Å². The first-order valence-electron chi connectivity index (χ1n) is 9.83. The van der Waals surface area contributed by atoms with Gasteiger partial charge in [0.15, 0.2) is 0 Å². The van der Waals surface area contributed by atoms with Crippen LogP contribution in [0.3, 0.4) is 0 Å². The van der Waals surface area contributed by atoms with Crippen molar-refractivity contribution in [2.45, 2.75) is 58.4 Å². The minimum Gasteiger partial charge on any atom is -0.342 e. The van der Waals surface area contributed by atoms with Crippen LogP contribution in [0.15, 0.2) is 24.3 Å². The zero-order valence-corrected chi connectivity index (χ0v) is 16.6. The zero-order chi connectivity index (χ0) is 19.1. The number of piperidine rings is 1. The van der Waals surface area contributed by atoms with Crippen molar-refractivity contribution in [2.75, 3.05) is 26.7 Å². The first-order valence-corrected chi connectivity index (χ1v) is 9.83. The first kappa shape index (κ1) is 20.3. The Labute approximate surface area is 157 Å². The summed E-state index contributed by atoms with van der Waals surface area (Å²) in [4.78, 5) is 28.6. The monoisotopic (exact) mass is 359 g/mol. The summed E-state index contributed by atoms with van der Waals surface area (Å²) in [6, 6.07) is 8.10. The lowest BCUT2D eigenvalue weighted by Crippen LogP contribution is -2.47. The van der Waals surface area contributed by atoms with Gasteiger partial charge in [0, 0.05) is 44.2 Å². The van der Waals surface area contributed by atoms with E-state index in [0.717, 1.165) is 49.9 Å². The quantitative estimate of drug-likeness (QED) is 0.838. The van der Waals surface area contributed by atoms with Crippen LogP contribution < -0.4 is 5.32 Å². The predicted molar refractivity (Wildman–Crippen MR) is 106 cm³/mol. The van der Waals surface area contributed by atoms with E-state index in [2.05, 4.69) is 18.3 Å². The normalized spacial score (nSPS) is 17.3. The SMILES string of the molecule is CCCCN(C)C(=O)c1cccc([C@@H]2CCCN(C(=O)NC(C)C)C2)c1. The van der Waals surface area contributed by atoms with Crippen molar-refractivity contribution in [3.63, 3.8) is 0 Å². The molecule has 1 saturated heterocycles. The van der Waals surface area contributed by atoms with Crippen molar-refractivity contribution in [2.24, 2.45) is 0 Å². The molecule has 0 aromatic heterocycles. The zero-order valence-electron chi connectivity index (χ0n) is 16.6. The highest BCUT2D eigenvalue weighted by Crippen LogP contribution is 2.27. The lowest BCUT2D eigenvalue weighted by Gasteiger charge is -2.33. The molecule has 1 aliphatic heterocycles. The summed E-state index contributed by atoms with van der Waals surface area (Å²) in [7, 11) is 1.86. The van der Waals surface area contributed by atoms with Gasteiger partial charge in [-0.05, 0) is 50.8 Å². The second-order valence-corrected chi connectivity index (χ2v) is 7.60. The Hall–Kier alpha value is -2.04. The summed E-state index contributed by atoms with van der Waals surface area (Å²) in [5, 5.41) is 2.97. The number of hydrogen-bond donors (Lipinski definition) is 1. The summed E-state index contributed by atoms with van der Waals surface area (Å²) in [5.41, 5.74) is 1.90. The van der Waals surface area contributed by atoms with Gasteiger partial charge in [-0.25, -0.2) is 4.79 Å². The average Bonchev–Trinajstić information content (AvgIpc) is 2.65. The second-order valence-electron chi connectivity index (χ2n) is 7.60. The Morgan fingerprint density at radius 1 is 1.35 bits per heavy atom. The van der Waals surface area contributed by atoms with Crippen LogP contribution in [0.5, 0.6) is 0 Å². The number of urea groups is 1. The van der Waals surface area contributed by atoms with E-state index in [1.165, 1.54) is 0 Å². The molecule has 144 valence electrons. The van der Waals surface area contributed by atoms with Crippen molar-refractivity contribution in [3.05, 3.63) is 35.4 Å². The van der Waals surface area contributed by atoms with Crippen LogP contribution in [0, 0.1) is 0 Å². The summed E-state index contributed by atoms with van der Waals surface area (Å²) in [5.74, 6) is 0.362. The molecule has 1 heterocycles. The Bertz CT molecular complexity index is 615. The lowest BCUT2D eigenvalue weighted by molar-refractivity contribution is 0.0793. The number of nitrogens with zero attached hydrogens (tertiary/aromatic N) is 2. The number of hydrogen-bond acceptors (Lipinski definition) is 2. The van der Waals surface area contributed by atoms with E-state index >= 15 is 0 Å². The Morgan fingerprint density at radius 3 is 2.81 bits per heavy atom. The predicted octanol–water partition coefficient (Wildman–Crippen LogP) is 3.86. The number of benzene rings is 1. The number of unbranched alkanes of at least 4 members (excludes halogenated alkanes) is 1. The standard InChI is InChI=1S/C21H33N3O2/c1-5-6-12-23(4)20(25)18-10-7-9-17(14-18)19-11-8-13-24(15-19)21(26)22-16(2)3/h7,9-10,14,16,19H,5-6,8,11-13,15H2,1-4H3,(H,22,26)/t19-/m1/s1. The van der Waals surface area contributed by atoms with Gasteiger partial charge in [-0.1, -0.05) is 25.5 Å². The van der Waals surface area contributed by atoms with Gasteiger partial charge in [0.05, 0.1) is 0 Å². The van der Waals surface area contributed by atoms with Crippen molar-refractivity contribution >= 4 is 11.9 Å². The minimum atomic E-state index is 0.0104. The van der Waals surface area contributed by atoms with Crippen molar-refractivity contribution < 1.29 is 9.59 Å². The van der Waals surface area contributed by atoms with Crippen molar-refractivity contribution in [1.82, 2.24) is 15.1 Å². The second kappa shape index (κ2) is 9.60. The summed E-state index contributed by atoms with van der Waals surface area (Å²) in [6.07, 6.45) is 4.14. The third-order valence-corrected chi connectivity index (χ3v) is 4.92. The van der Waals surface area contributed by atoms with Crippen molar-refractivity contribution in [3.8, 4) is 0 Å². The number of amides is 3. The molecular weight excluding hydrogens is 326 g/mol. The van der Waals surface area contributed by atoms with Crippen LogP contribution in [0.25, 0.3) is 0 Å². The molecule has 0 aliphatic carbocycles. The average molecular weight is 360 g/mol. The molecule has 26 heavy (non-hydrogen) atoms. The highest BCUT2D eigenvalue weighted by Gasteiger charge is 2.25. The molecule has 1 fully saturated rings. The molecule has 2 rings (SSSR count). The topological polar surface area (TPSA) is 52.7 Å². The highest BCUT2D eigenvalue weighted by atomic mass is 16.2. The van der Waals surface area contributed by atoms with Crippen LogP contribution in [0.2, 0.25) is 0 Å². The third-order valence-electron chi connectivity index (χ3n) is 4.92. The first-order chi connectivity index (χ1) is 12.4. The number of likely N-dealkylation sites (tertiary alicyclic amines) is 1. The van der Waals surface area contributed by atoms with Crippen LogP contribution in [-0.2, 0) is 0 Å². The summed E-state index contributed by atoms with van der Waals surface area (Å²) >= 11 is 0. The molecule has 1 aliphatic rings. The summed E-state index contributed by atoms with van der Waals surface area (Å²) in [6.45, 7) is 8.37. The maximum atomic E-state index is 12.6. The fraction of sp³-hybridized carbons (Fsp3) is 0.619. The van der Waals surface area contributed by atoms with Crippen molar-refractivity contribution in [1.29, 1.82) is 0 Å². The Morgan fingerprint density at radius 2 is 2.12 bits per heavy atom. The molecule has 1 aromatic rings. The van der Waals surface area contributed by atoms with E-state index in [0.29, 0.717) is 6.54 Å². The van der Waals surface area contributed by atoms with Crippen LogP contribution in [0.1, 0.15) is 68.3 Å². The van der Waals surface area contributed by atoms with E-state index in [4.69, 9.17) is 0 Å². The molecule has 1 aromatic carbocycles. The van der Waals surface area contributed by atoms with Gasteiger partial charge in [-0.3, -0.25) is 4.79 Å². The van der Waals surface area contributed by atoms with Gasteiger partial charge in [0.2, 0.25) is 0 Å². The number of carbonyl (C=O) groups is 2. The fourth-order valence-electron chi connectivity index (χ4n) is 3.41. The van der Waals surface area contributed by atoms with E-state index in [-0.39, 0.29) is 23.9 Å². The molecule has 0 radical (unpaired) electrons. The maximum absolute atomic E-state index is 12.6. The van der Waals surface area contributed by atoms with Gasteiger partial charge >= 0.3 is 6.03 Å². The molecule has 3 amide bonds. The molecule has 0 saturated carbocycles. The highest BCUT2D eigenvalue weighted by molar-refractivity contribution is 5.94. The molecule has 0 unspecified atom stereocenters. The minimum absolute atomic E-state index is 0.0104. The fourth-order valence-corrected chi connectivity index (χ4v) is 3.41. The van der Waals surface area contributed by atoms with Gasteiger partial charge in [-0.2, -0.15) is 0 Å². The van der Waals surface area contributed by atoms with Gasteiger partial charge in [0.1, 0.15) is 0 Å². The number of carbonyl (C=O) groups excluding carboxylic acids is 2. The molecule has 5 nitrogen and oxygen atoms in total. The van der Waals surface area contributed by atoms with E-state index in [1.54, 1.807) is 4.90 Å². The van der Waals surface area contributed by atoms with E-state index in [1.807, 2.05) is 44.0 Å². The van der Waals surface area contributed by atoms with Gasteiger partial charge < -0.3 is 15.1 Å². The number of nitrogens with one attached hydrogen (secondary N) is 1. The maximum Gasteiger partial charge on any atom is 0.317 e. The van der Waals surface area contributed by atoms with E-state index < -0.39 is 0 Å². The lowest BCUT2D eigenvalue weighted by atomic mass is 9.89. The molecular formula is C21H33N3O2. The Balaban J connectivity index is 2.06. The molecule has 1 atom stereocenters. The number of rotatable bonds is 6. The summed E-state index contributed by atoms with van der Waals surface area (Å²) < 4.78 is 0. The molecule has 0 spiro atoms. The van der Waals surface area contributed by atoms with Gasteiger partial charge in [0.25, 0.3) is 5.91 Å².